The Labute approximate surface area is 172 Å². The number of nitrogens with zero attached hydrogens (tertiary/aromatic N) is 4. The Morgan fingerprint density at radius 2 is 1.89 bits per heavy atom. The molecular weight excluding hydrogens is 368 g/mol. The molecule has 0 radical (unpaired) electrons. The fourth-order valence-electron chi connectivity index (χ4n) is 4.28. The minimum atomic E-state index is -0.0826. The van der Waals surface area contributed by atoms with Gasteiger partial charge in [-0.15, -0.1) is 11.3 Å². The second-order valence-electron chi connectivity index (χ2n) is 9.37. The Kier molecular flexibility index (Phi) is 5.10. The van der Waals surface area contributed by atoms with Gasteiger partial charge in [0.1, 0.15) is 16.5 Å². The zero-order valence-electron chi connectivity index (χ0n) is 17.8. The number of aryl methyl sites for hydroxylation is 1. The van der Waals surface area contributed by atoms with Gasteiger partial charge in [-0.1, -0.05) is 34.6 Å². The molecule has 1 atom stereocenters. The van der Waals surface area contributed by atoms with E-state index in [2.05, 4.69) is 32.6 Å². The number of hydrogen-bond donors (Lipinski definition) is 0. The van der Waals surface area contributed by atoms with Gasteiger partial charge in [0.15, 0.2) is 0 Å². The number of hydrogen-bond acceptors (Lipinski definition) is 5. The van der Waals surface area contributed by atoms with E-state index in [0.29, 0.717) is 6.42 Å². The molecule has 1 fully saturated rings. The number of amides is 1. The number of aromatic nitrogens is 2. The lowest BCUT2D eigenvalue weighted by molar-refractivity contribution is -0.131. The van der Waals surface area contributed by atoms with E-state index in [0.717, 1.165) is 55.0 Å². The van der Waals surface area contributed by atoms with Crippen LogP contribution in [0.15, 0.2) is 0 Å². The number of carbonyl (C=O) groups is 1. The second kappa shape index (κ2) is 7.29. The molecule has 0 spiro atoms. The van der Waals surface area contributed by atoms with Crippen molar-refractivity contribution in [2.75, 3.05) is 31.1 Å². The molecule has 0 unspecified atom stereocenters. The molecule has 0 saturated carbocycles. The van der Waals surface area contributed by atoms with Crippen LogP contribution in [-0.2, 0) is 23.1 Å². The minimum absolute atomic E-state index is 0.0826. The van der Waals surface area contributed by atoms with Crippen LogP contribution in [0.4, 0.5) is 5.82 Å². The van der Waals surface area contributed by atoms with E-state index in [4.69, 9.17) is 9.97 Å². The Hall–Kier alpha value is -1.69. The van der Waals surface area contributed by atoms with E-state index in [1.165, 1.54) is 28.7 Å². The van der Waals surface area contributed by atoms with Crippen LogP contribution >= 0.6 is 11.3 Å². The summed E-state index contributed by atoms with van der Waals surface area (Å²) in [6.07, 6.45) is 4.13. The van der Waals surface area contributed by atoms with Crippen molar-refractivity contribution in [1.29, 1.82) is 0 Å². The SMILES string of the molecule is CCC(=O)N1CCN(c2nc(C(C)(C)C)nc3sc4c(c23)CC[C@@H](C)C4)CC1. The largest absolute Gasteiger partial charge is 0.352 e. The lowest BCUT2D eigenvalue weighted by Crippen LogP contribution is -2.49. The number of piperazine rings is 1. The van der Waals surface area contributed by atoms with Gasteiger partial charge in [-0.25, -0.2) is 9.97 Å². The molecule has 5 nitrogen and oxygen atoms in total. The molecule has 4 rings (SSSR count). The van der Waals surface area contributed by atoms with Gasteiger partial charge in [0.05, 0.1) is 5.39 Å². The van der Waals surface area contributed by atoms with Gasteiger partial charge in [-0.05, 0) is 30.7 Å². The van der Waals surface area contributed by atoms with Crippen molar-refractivity contribution in [2.45, 2.75) is 65.7 Å². The molecule has 3 heterocycles. The molecule has 28 heavy (non-hydrogen) atoms. The first-order chi connectivity index (χ1) is 13.3. The fourth-order valence-corrected chi connectivity index (χ4v) is 5.66. The number of anilines is 1. The van der Waals surface area contributed by atoms with Gasteiger partial charge in [0, 0.05) is 42.9 Å². The van der Waals surface area contributed by atoms with Gasteiger partial charge in [0.25, 0.3) is 0 Å². The van der Waals surface area contributed by atoms with Gasteiger partial charge in [-0.2, -0.15) is 0 Å². The van der Waals surface area contributed by atoms with E-state index in [9.17, 15) is 4.79 Å². The molecule has 2 aliphatic rings. The summed E-state index contributed by atoms with van der Waals surface area (Å²) in [7, 11) is 0. The standard InChI is InChI=1S/C22H32N4OS/c1-6-17(27)25-9-11-26(12-10-25)19-18-15-8-7-14(2)13-16(15)28-20(18)24-21(23-19)22(3,4)5/h14H,6-13H2,1-5H3/t14-/m1/s1. The van der Waals surface area contributed by atoms with Gasteiger partial charge in [0.2, 0.25) is 5.91 Å². The first-order valence-corrected chi connectivity index (χ1v) is 11.4. The molecule has 0 aromatic carbocycles. The summed E-state index contributed by atoms with van der Waals surface area (Å²) in [6.45, 7) is 14.1. The quantitative estimate of drug-likeness (QED) is 0.759. The van der Waals surface area contributed by atoms with Gasteiger partial charge in [-0.3, -0.25) is 4.79 Å². The molecule has 1 aliphatic carbocycles. The molecule has 6 heteroatoms. The molecule has 2 aromatic heterocycles. The third kappa shape index (κ3) is 3.51. The highest BCUT2D eigenvalue weighted by molar-refractivity contribution is 7.19. The average molecular weight is 401 g/mol. The fraction of sp³-hybridized carbons (Fsp3) is 0.682. The maximum absolute atomic E-state index is 12.1. The van der Waals surface area contributed by atoms with Crippen molar-refractivity contribution in [3.63, 3.8) is 0 Å². The van der Waals surface area contributed by atoms with Crippen LogP contribution in [0.5, 0.6) is 0 Å². The van der Waals surface area contributed by atoms with Crippen LogP contribution in [0, 0.1) is 5.92 Å². The van der Waals surface area contributed by atoms with E-state index < -0.39 is 0 Å². The van der Waals surface area contributed by atoms with E-state index in [-0.39, 0.29) is 11.3 Å². The molecule has 1 saturated heterocycles. The number of carbonyl (C=O) groups excluding carboxylic acids is 1. The third-order valence-electron chi connectivity index (χ3n) is 6.04. The van der Waals surface area contributed by atoms with E-state index in [1.54, 1.807) is 0 Å². The smallest absolute Gasteiger partial charge is 0.222 e. The Morgan fingerprint density at radius 1 is 1.18 bits per heavy atom. The molecule has 0 N–H and O–H groups in total. The highest BCUT2D eigenvalue weighted by Gasteiger charge is 2.30. The monoisotopic (exact) mass is 400 g/mol. The van der Waals surface area contributed by atoms with E-state index in [1.807, 2.05) is 23.2 Å². The third-order valence-corrected chi connectivity index (χ3v) is 7.19. The van der Waals surface area contributed by atoms with Crippen molar-refractivity contribution >= 4 is 33.3 Å². The summed E-state index contributed by atoms with van der Waals surface area (Å²) in [5.41, 5.74) is 1.40. The second-order valence-corrected chi connectivity index (χ2v) is 10.5. The highest BCUT2D eigenvalue weighted by Crippen LogP contribution is 2.42. The number of rotatable bonds is 2. The molecule has 1 amide bonds. The molecule has 1 aliphatic heterocycles. The zero-order valence-corrected chi connectivity index (χ0v) is 18.7. The summed E-state index contributed by atoms with van der Waals surface area (Å²) in [4.78, 5) is 29.2. The van der Waals surface area contributed by atoms with Crippen LogP contribution < -0.4 is 4.90 Å². The average Bonchev–Trinajstić information content (AvgIpc) is 3.03. The van der Waals surface area contributed by atoms with Crippen molar-refractivity contribution in [1.82, 2.24) is 14.9 Å². The molecule has 0 bridgehead atoms. The molecule has 2 aromatic rings. The lowest BCUT2D eigenvalue weighted by atomic mass is 9.89. The topological polar surface area (TPSA) is 49.3 Å². The van der Waals surface area contributed by atoms with Gasteiger partial charge < -0.3 is 9.80 Å². The van der Waals surface area contributed by atoms with Crippen LogP contribution in [0.1, 0.15) is 63.7 Å². The summed E-state index contributed by atoms with van der Waals surface area (Å²) in [5, 5.41) is 1.29. The summed E-state index contributed by atoms with van der Waals surface area (Å²) in [6, 6.07) is 0. The van der Waals surface area contributed by atoms with E-state index >= 15 is 0 Å². The minimum Gasteiger partial charge on any atom is -0.352 e. The maximum atomic E-state index is 12.1. The Balaban J connectivity index is 1.77. The zero-order chi connectivity index (χ0) is 20.1. The normalized spacial score (nSPS) is 20.5. The predicted molar refractivity (Wildman–Crippen MR) is 116 cm³/mol. The lowest BCUT2D eigenvalue weighted by Gasteiger charge is -2.36. The van der Waals surface area contributed by atoms with Crippen molar-refractivity contribution in [3.05, 3.63) is 16.3 Å². The van der Waals surface area contributed by atoms with Crippen molar-refractivity contribution in [2.24, 2.45) is 5.92 Å². The first-order valence-electron chi connectivity index (χ1n) is 10.6. The molecule has 152 valence electrons. The Bertz CT molecular complexity index is 890. The van der Waals surface area contributed by atoms with Crippen LogP contribution in [0.25, 0.3) is 10.2 Å². The maximum Gasteiger partial charge on any atom is 0.222 e. The first kappa shape index (κ1) is 19.6. The number of thiophene rings is 1. The van der Waals surface area contributed by atoms with Crippen molar-refractivity contribution in [3.8, 4) is 0 Å². The molecular formula is C22H32N4OS. The van der Waals surface area contributed by atoms with Crippen LogP contribution in [0.3, 0.4) is 0 Å². The summed E-state index contributed by atoms with van der Waals surface area (Å²) < 4.78 is 0. The predicted octanol–water partition coefficient (Wildman–Crippen LogP) is 4.17. The van der Waals surface area contributed by atoms with Gasteiger partial charge >= 0.3 is 0 Å². The van der Waals surface area contributed by atoms with Crippen LogP contribution in [-0.4, -0.2) is 47.0 Å². The number of fused-ring (bicyclic) bond motifs is 3. The summed E-state index contributed by atoms with van der Waals surface area (Å²) in [5.74, 6) is 3.03. The highest BCUT2D eigenvalue weighted by atomic mass is 32.1. The van der Waals surface area contributed by atoms with Crippen molar-refractivity contribution < 1.29 is 4.79 Å². The summed E-state index contributed by atoms with van der Waals surface area (Å²) >= 11 is 1.88. The van der Waals surface area contributed by atoms with Crippen LogP contribution in [0.2, 0.25) is 0 Å². The Morgan fingerprint density at radius 3 is 2.54 bits per heavy atom.